The molecule has 0 unspecified atom stereocenters. The Balaban J connectivity index is 0.000000146. The van der Waals surface area contributed by atoms with E-state index in [9.17, 15) is 4.79 Å². The third kappa shape index (κ3) is 3.90. The van der Waals surface area contributed by atoms with Gasteiger partial charge in [-0.2, -0.15) is 0 Å². The molecule has 0 saturated heterocycles. The first kappa shape index (κ1) is 17.2. The largest absolute Gasteiger partial charge is 0.346 e. The molecule has 3 heterocycles. The maximum Gasteiger partial charge on any atom is 0.228 e. The number of hydrogen-bond acceptors (Lipinski definition) is 2. The molecule has 0 saturated carbocycles. The summed E-state index contributed by atoms with van der Waals surface area (Å²) in [5.41, 5.74) is 5.68. The summed E-state index contributed by atoms with van der Waals surface area (Å²) in [6.45, 7) is 8.67. The van der Waals surface area contributed by atoms with Crippen LogP contribution in [0.4, 0.5) is 5.69 Å². The van der Waals surface area contributed by atoms with Crippen molar-refractivity contribution in [2.75, 3.05) is 5.32 Å². The molecular weight excluding hydrogens is 310 g/mol. The highest BCUT2D eigenvalue weighted by Crippen LogP contribution is 2.26. The molecule has 0 aliphatic carbocycles. The van der Waals surface area contributed by atoms with Crippen LogP contribution in [-0.4, -0.2) is 15.9 Å². The number of nitrogens with zero attached hydrogens (tertiary/aromatic N) is 1. The fraction of sp³-hybridized carbons (Fsp3) is 0.333. The van der Waals surface area contributed by atoms with Gasteiger partial charge in [-0.3, -0.25) is 4.79 Å². The Morgan fingerprint density at radius 3 is 2.48 bits per heavy atom. The second kappa shape index (κ2) is 7.09. The summed E-state index contributed by atoms with van der Waals surface area (Å²) in [5, 5.41) is 4.02. The van der Waals surface area contributed by atoms with Gasteiger partial charge in [-0.15, -0.1) is 0 Å². The summed E-state index contributed by atoms with van der Waals surface area (Å²) >= 11 is 0. The molecule has 0 spiro atoms. The number of hydrogen-bond donors (Lipinski definition) is 2. The molecule has 1 aromatic carbocycles. The number of H-pyrrole nitrogens is 1. The predicted octanol–water partition coefficient (Wildman–Crippen LogP) is 4.99. The first-order valence-corrected chi connectivity index (χ1v) is 8.79. The van der Waals surface area contributed by atoms with Crippen LogP contribution in [-0.2, 0) is 11.2 Å². The van der Waals surface area contributed by atoms with Crippen LogP contribution in [0.1, 0.15) is 56.2 Å². The summed E-state index contributed by atoms with van der Waals surface area (Å²) in [5.74, 6) is 1.19. The standard InChI is InChI=1S/C11H13NO.C10H12N2/c1-7(2)8-3-4-10-9(5-8)6-11(13)12-10;1-7(2)9-5-8-3-4-11-10(8)12-6-9/h3-5,7H,6H2,1-2H3,(H,12,13);3-7H,1-2H3,(H,11,12). The van der Waals surface area contributed by atoms with E-state index < -0.39 is 0 Å². The second-order valence-electron chi connectivity index (χ2n) is 7.14. The van der Waals surface area contributed by atoms with Crippen molar-refractivity contribution < 1.29 is 4.79 Å². The second-order valence-corrected chi connectivity index (χ2v) is 7.14. The normalized spacial score (nSPS) is 13.0. The molecular formula is C21H25N3O. The summed E-state index contributed by atoms with van der Waals surface area (Å²) < 4.78 is 0. The Morgan fingerprint density at radius 1 is 1.00 bits per heavy atom. The molecule has 4 nitrogen and oxygen atoms in total. The quantitative estimate of drug-likeness (QED) is 0.693. The Kier molecular flexibility index (Phi) is 4.88. The minimum Gasteiger partial charge on any atom is -0.346 e. The van der Waals surface area contributed by atoms with Crippen LogP contribution in [0.25, 0.3) is 11.0 Å². The molecule has 1 amide bonds. The minimum absolute atomic E-state index is 0.107. The Bertz CT molecular complexity index is 893. The topological polar surface area (TPSA) is 57.8 Å². The predicted molar refractivity (Wildman–Crippen MR) is 103 cm³/mol. The molecule has 4 heteroatoms. The highest BCUT2D eigenvalue weighted by atomic mass is 16.1. The van der Waals surface area contributed by atoms with Crippen LogP contribution in [0, 0.1) is 0 Å². The molecule has 2 aromatic heterocycles. The SMILES string of the molecule is CC(C)c1ccc2c(c1)CC(=O)N2.CC(C)c1cnc2[nH]ccc2c1. The number of pyridine rings is 1. The molecule has 2 N–H and O–H groups in total. The van der Waals surface area contributed by atoms with Gasteiger partial charge in [0.15, 0.2) is 0 Å². The number of amides is 1. The maximum absolute atomic E-state index is 11.1. The number of aromatic nitrogens is 2. The van der Waals surface area contributed by atoms with Crippen molar-refractivity contribution in [1.82, 2.24) is 9.97 Å². The third-order valence-corrected chi connectivity index (χ3v) is 4.51. The van der Waals surface area contributed by atoms with Gasteiger partial charge < -0.3 is 10.3 Å². The van der Waals surface area contributed by atoms with E-state index in [0.717, 1.165) is 16.9 Å². The molecule has 0 radical (unpaired) electrons. The van der Waals surface area contributed by atoms with E-state index in [4.69, 9.17) is 0 Å². The van der Waals surface area contributed by atoms with Gasteiger partial charge in [0.05, 0.1) is 6.42 Å². The van der Waals surface area contributed by atoms with Crippen molar-refractivity contribution in [2.45, 2.75) is 46.0 Å². The number of aromatic amines is 1. The van der Waals surface area contributed by atoms with Gasteiger partial charge >= 0.3 is 0 Å². The van der Waals surface area contributed by atoms with E-state index in [1.807, 2.05) is 24.5 Å². The lowest BCUT2D eigenvalue weighted by molar-refractivity contribution is -0.115. The lowest BCUT2D eigenvalue weighted by Gasteiger charge is -2.06. The highest BCUT2D eigenvalue weighted by Gasteiger charge is 2.17. The number of benzene rings is 1. The number of carbonyl (C=O) groups is 1. The van der Waals surface area contributed by atoms with Crippen molar-refractivity contribution in [3.8, 4) is 0 Å². The average Bonchev–Trinajstić information content (AvgIpc) is 3.18. The fourth-order valence-corrected chi connectivity index (χ4v) is 2.88. The highest BCUT2D eigenvalue weighted by molar-refractivity contribution is 5.99. The lowest BCUT2D eigenvalue weighted by Crippen LogP contribution is -2.03. The lowest BCUT2D eigenvalue weighted by atomic mass is 10.00. The van der Waals surface area contributed by atoms with Crippen molar-refractivity contribution in [2.24, 2.45) is 0 Å². The zero-order chi connectivity index (χ0) is 18.0. The van der Waals surface area contributed by atoms with E-state index in [1.165, 1.54) is 16.5 Å². The van der Waals surface area contributed by atoms with Crippen LogP contribution < -0.4 is 5.32 Å². The van der Waals surface area contributed by atoms with Gasteiger partial charge in [0, 0.05) is 23.5 Å². The first-order chi connectivity index (χ1) is 11.9. The van der Waals surface area contributed by atoms with Crippen LogP contribution >= 0.6 is 0 Å². The summed E-state index contributed by atoms with van der Waals surface area (Å²) in [4.78, 5) is 18.5. The molecule has 25 heavy (non-hydrogen) atoms. The number of rotatable bonds is 2. The van der Waals surface area contributed by atoms with E-state index in [0.29, 0.717) is 18.3 Å². The van der Waals surface area contributed by atoms with E-state index in [-0.39, 0.29) is 5.91 Å². The van der Waals surface area contributed by atoms with E-state index in [2.05, 4.69) is 61.2 Å². The fourth-order valence-electron chi connectivity index (χ4n) is 2.88. The number of nitrogens with one attached hydrogen (secondary N) is 2. The van der Waals surface area contributed by atoms with E-state index >= 15 is 0 Å². The van der Waals surface area contributed by atoms with Gasteiger partial charge in [-0.05, 0) is 46.7 Å². The van der Waals surface area contributed by atoms with Gasteiger partial charge in [0.2, 0.25) is 5.91 Å². The molecule has 130 valence electrons. The average molecular weight is 335 g/mol. The molecule has 0 fully saturated rings. The van der Waals surface area contributed by atoms with Crippen molar-refractivity contribution in [1.29, 1.82) is 0 Å². The van der Waals surface area contributed by atoms with E-state index in [1.54, 1.807) is 0 Å². The van der Waals surface area contributed by atoms with Crippen LogP contribution in [0.15, 0.2) is 42.7 Å². The summed E-state index contributed by atoms with van der Waals surface area (Å²) in [7, 11) is 0. The first-order valence-electron chi connectivity index (χ1n) is 8.79. The van der Waals surface area contributed by atoms with Crippen LogP contribution in [0.2, 0.25) is 0 Å². The number of anilines is 1. The van der Waals surface area contributed by atoms with Gasteiger partial charge in [0.25, 0.3) is 0 Å². The minimum atomic E-state index is 0.107. The zero-order valence-electron chi connectivity index (χ0n) is 15.3. The Labute approximate surface area is 148 Å². The smallest absolute Gasteiger partial charge is 0.228 e. The summed E-state index contributed by atoms with van der Waals surface area (Å²) in [6, 6.07) is 10.4. The van der Waals surface area contributed by atoms with Gasteiger partial charge in [-0.25, -0.2) is 4.98 Å². The molecule has 0 bridgehead atoms. The van der Waals surface area contributed by atoms with Crippen LogP contribution in [0.3, 0.4) is 0 Å². The van der Waals surface area contributed by atoms with Gasteiger partial charge in [-0.1, -0.05) is 39.8 Å². The molecule has 0 atom stereocenters. The summed E-state index contributed by atoms with van der Waals surface area (Å²) in [6.07, 6.45) is 4.39. The maximum atomic E-state index is 11.1. The van der Waals surface area contributed by atoms with Crippen molar-refractivity contribution >= 4 is 22.6 Å². The van der Waals surface area contributed by atoms with Crippen LogP contribution in [0.5, 0.6) is 0 Å². The molecule has 1 aliphatic rings. The zero-order valence-corrected chi connectivity index (χ0v) is 15.3. The molecule has 3 aromatic rings. The monoisotopic (exact) mass is 335 g/mol. The number of carbonyl (C=O) groups excluding carboxylic acids is 1. The van der Waals surface area contributed by atoms with Gasteiger partial charge in [0.1, 0.15) is 5.65 Å². The Morgan fingerprint density at radius 2 is 1.76 bits per heavy atom. The molecule has 1 aliphatic heterocycles. The van der Waals surface area contributed by atoms with Crippen molar-refractivity contribution in [3.05, 3.63) is 59.4 Å². The third-order valence-electron chi connectivity index (χ3n) is 4.51. The molecule has 4 rings (SSSR count). The number of fused-ring (bicyclic) bond motifs is 2. The Hall–Kier alpha value is -2.62. The van der Waals surface area contributed by atoms with Crippen molar-refractivity contribution in [3.63, 3.8) is 0 Å².